The van der Waals surface area contributed by atoms with Crippen LogP contribution in [-0.2, 0) is 19.1 Å². The average Bonchev–Trinajstić information content (AvgIpc) is 2.65. The maximum atomic E-state index is 11.8. The maximum absolute atomic E-state index is 11.8. The van der Waals surface area contributed by atoms with E-state index in [1.807, 2.05) is 0 Å². The first kappa shape index (κ1) is 11.9. The van der Waals surface area contributed by atoms with Gasteiger partial charge in [0.1, 0.15) is 12.1 Å². The molecule has 1 aliphatic rings. The van der Waals surface area contributed by atoms with Crippen LogP contribution in [0.25, 0.3) is 0 Å². The number of nitrogens with two attached hydrogens (primary N) is 1. The van der Waals surface area contributed by atoms with E-state index in [0.717, 1.165) is 0 Å². The Morgan fingerprint density at radius 1 is 1.60 bits per heavy atom. The normalized spacial score (nSPS) is 25.0. The van der Waals surface area contributed by atoms with Crippen LogP contribution in [0.2, 0.25) is 0 Å². The first-order valence-electron chi connectivity index (χ1n) is 4.68. The predicted molar refractivity (Wildman–Crippen MR) is 52.0 cm³/mol. The van der Waals surface area contributed by atoms with Gasteiger partial charge in [0.15, 0.2) is 0 Å². The molecule has 1 unspecified atom stereocenters. The monoisotopic (exact) mass is 216 g/mol. The number of methoxy groups -OCH3 is 1. The summed E-state index contributed by atoms with van der Waals surface area (Å²) in [6, 6.07) is 0. The van der Waals surface area contributed by atoms with Crippen molar-refractivity contribution in [2.75, 3.05) is 33.9 Å². The molecule has 15 heavy (non-hydrogen) atoms. The smallest absolute Gasteiger partial charge is 0.325 e. The summed E-state index contributed by atoms with van der Waals surface area (Å²) < 4.78 is 9.54. The van der Waals surface area contributed by atoms with Gasteiger partial charge in [-0.3, -0.25) is 9.59 Å². The molecule has 1 amide bonds. The van der Waals surface area contributed by atoms with Crippen molar-refractivity contribution in [3.63, 3.8) is 0 Å². The lowest BCUT2D eigenvalue weighted by Crippen LogP contribution is -2.55. The molecule has 6 heteroatoms. The minimum absolute atomic E-state index is 0.0890. The fraction of sp³-hybridized carbons (Fsp3) is 0.778. The van der Waals surface area contributed by atoms with Crippen LogP contribution in [-0.4, -0.2) is 56.2 Å². The van der Waals surface area contributed by atoms with Crippen molar-refractivity contribution in [3.05, 3.63) is 0 Å². The van der Waals surface area contributed by atoms with Gasteiger partial charge in [-0.2, -0.15) is 0 Å². The van der Waals surface area contributed by atoms with Crippen molar-refractivity contribution in [1.29, 1.82) is 0 Å². The number of likely N-dealkylation sites (N-methyl/N-ethyl adjacent to an activating group) is 1. The second kappa shape index (κ2) is 4.59. The SMILES string of the molecule is COC(=O)CN(C)C(=O)C1(N)CCOC1. The third-order valence-electron chi connectivity index (χ3n) is 2.42. The van der Waals surface area contributed by atoms with Gasteiger partial charge in [0.2, 0.25) is 5.91 Å². The molecule has 1 atom stereocenters. The molecule has 0 spiro atoms. The lowest BCUT2D eigenvalue weighted by molar-refractivity contribution is -0.148. The van der Waals surface area contributed by atoms with E-state index in [-0.39, 0.29) is 19.1 Å². The van der Waals surface area contributed by atoms with Crippen molar-refractivity contribution in [3.8, 4) is 0 Å². The highest BCUT2D eigenvalue weighted by Crippen LogP contribution is 2.17. The first-order chi connectivity index (χ1) is 6.99. The van der Waals surface area contributed by atoms with E-state index in [1.54, 1.807) is 0 Å². The molecular weight excluding hydrogens is 200 g/mol. The highest BCUT2D eigenvalue weighted by Gasteiger charge is 2.40. The summed E-state index contributed by atoms with van der Waals surface area (Å²) >= 11 is 0. The molecule has 0 aromatic carbocycles. The van der Waals surface area contributed by atoms with Crippen LogP contribution in [0.1, 0.15) is 6.42 Å². The van der Waals surface area contributed by atoms with E-state index in [2.05, 4.69) is 4.74 Å². The van der Waals surface area contributed by atoms with Crippen LogP contribution in [0, 0.1) is 0 Å². The van der Waals surface area contributed by atoms with Crippen molar-refractivity contribution >= 4 is 11.9 Å². The minimum atomic E-state index is -0.983. The van der Waals surface area contributed by atoms with Crippen LogP contribution in [0.4, 0.5) is 0 Å². The Hall–Kier alpha value is -1.14. The Kier molecular flexibility index (Phi) is 3.65. The molecule has 1 rings (SSSR count). The fourth-order valence-corrected chi connectivity index (χ4v) is 1.46. The highest BCUT2D eigenvalue weighted by molar-refractivity contribution is 5.89. The van der Waals surface area contributed by atoms with Crippen molar-refractivity contribution in [2.24, 2.45) is 5.73 Å². The highest BCUT2D eigenvalue weighted by atomic mass is 16.5. The van der Waals surface area contributed by atoms with Gasteiger partial charge in [0.05, 0.1) is 13.7 Å². The van der Waals surface area contributed by atoms with Crippen molar-refractivity contribution in [2.45, 2.75) is 12.0 Å². The summed E-state index contributed by atoms with van der Waals surface area (Å²) in [6.07, 6.45) is 0.483. The molecule has 0 aromatic rings. The number of carbonyl (C=O) groups is 2. The Labute approximate surface area is 88.3 Å². The number of carbonyl (C=O) groups excluding carboxylic acids is 2. The number of ether oxygens (including phenoxy) is 2. The molecule has 0 aliphatic carbocycles. The van der Waals surface area contributed by atoms with Crippen LogP contribution in [0.5, 0.6) is 0 Å². The van der Waals surface area contributed by atoms with Gasteiger partial charge in [-0.25, -0.2) is 0 Å². The zero-order valence-electron chi connectivity index (χ0n) is 8.99. The number of nitrogens with zero attached hydrogens (tertiary/aromatic N) is 1. The van der Waals surface area contributed by atoms with Gasteiger partial charge in [-0.15, -0.1) is 0 Å². The molecule has 86 valence electrons. The molecule has 2 N–H and O–H groups in total. The van der Waals surface area contributed by atoms with Crippen LogP contribution < -0.4 is 5.73 Å². The lowest BCUT2D eigenvalue weighted by Gasteiger charge is -2.26. The van der Waals surface area contributed by atoms with E-state index in [0.29, 0.717) is 13.0 Å². The molecule has 1 aliphatic heterocycles. The third-order valence-corrected chi connectivity index (χ3v) is 2.42. The van der Waals surface area contributed by atoms with Gasteiger partial charge >= 0.3 is 5.97 Å². The number of amides is 1. The van der Waals surface area contributed by atoms with Crippen molar-refractivity contribution in [1.82, 2.24) is 4.90 Å². The van der Waals surface area contributed by atoms with Gasteiger partial charge in [-0.1, -0.05) is 0 Å². The Balaban J connectivity index is 2.55. The van der Waals surface area contributed by atoms with Crippen molar-refractivity contribution < 1.29 is 19.1 Å². The Morgan fingerprint density at radius 2 is 2.27 bits per heavy atom. The molecular formula is C9H16N2O4. The summed E-state index contributed by atoms with van der Waals surface area (Å²) in [4.78, 5) is 24.1. The van der Waals surface area contributed by atoms with Gasteiger partial charge in [0.25, 0.3) is 0 Å². The second-order valence-electron chi connectivity index (χ2n) is 3.70. The zero-order chi connectivity index (χ0) is 11.5. The number of esters is 1. The number of rotatable bonds is 3. The Morgan fingerprint density at radius 3 is 2.73 bits per heavy atom. The molecule has 0 aromatic heterocycles. The molecule has 6 nitrogen and oxygen atoms in total. The van der Waals surface area contributed by atoms with E-state index in [4.69, 9.17) is 10.5 Å². The molecule has 1 heterocycles. The van der Waals surface area contributed by atoms with Gasteiger partial charge in [-0.05, 0) is 6.42 Å². The summed E-state index contributed by atoms with van der Waals surface area (Å²) in [5.74, 6) is -0.751. The van der Waals surface area contributed by atoms with Crippen LogP contribution in [0.3, 0.4) is 0 Å². The van der Waals surface area contributed by atoms with E-state index < -0.39 is 11.5 Å². The molecule has 0 saturated carbocycles. The summed E-state index contributed by atoms with van der Waals surface area (Å²) in [7, 11) is 2.80. The van der Waals surface area contributed by atoms with E-state index >= 15 is 0 Å². The minimum Gasteiger partial charge on any atom is -0.468 e. The average molecular weight is 216 g/mol. The van der Waals surface area contributed by atoms with Gasteiger partial charge in [0, 0.05) is 13.7 Å². The quantitative estimate of drug-likeness (QED) is 0.595. The first-order valence-corrected chi connectivity index (χ1v) is 4.68. The summed E-state index contributed by atoms with van der Waals surface area (Å²) in [5, 5.41) is 0. The standard InChI is InChI=1S/C9H16N2O4/c1-11(5-7(12)14-2)8(13)9(10)3-4-15-6-9/h3-6,10H2,1-2H3. The van der Waals surface area contributed by atoms with E-state index in [1.165, 1.54) is 19.1 Å². The third kappa shape index (κ3) is 2.66. The lowest BCUT2D eigenvalue weighted by atomic mass is 9.98. The summed E-state index contributed by atoms with van der Waals surface area (Å²) in [5.41, 5.74) is 4.87. The zero-order valence-corrected chi connectivity index (χ0v) is 8.99. The molecule has 0 radical (unpaired) electrons. The maximum Gasteiger partial charge on any atom is 0.325 e. The topological polar surface area (TPSA) is 81.9 Å². The van der Waals surface area contributed by atoms with Gasteiger partial charge < -0.3 is 20.1 Å². The van der Waals surface area contributed by atoms with Crippen LogP contribution in [0.15, 0.2) is 0 Å². The Bertz CT molecular complexity index is 261. The molecule has 1 saturated heterocycles. The number of hydrogen-bond acceptors (Lipinski definition) is 5. The molecule has 0 bridgehead atoms. The largest absolute Gasteiger partial charge is 0.468 e. The van der Waals surface area contributed by atoms with Crippen LogP contribution >= 0.6 is 0 Å². The second-order valence-corrected chi connectivity index (χ2v) is 3.70. The number of hydrogen-bond donors (Lipinski definition) is 1. The fourth-order valence-electron chi connectivity index (χ4n) is 1.46. The molecule has 1 fully saturated rings. The summed E-state index contributed by atoms with van der Waals surface area (Å²) in [6.45, 7) is 0.597. The van der Waals surface area contributed by atoms with E-state index in [9.17, 15) is 9.59 Å². The predicted octanol–water partition coefficient (Wildman–Crippen LogP) is -1.26.